The van der Waals surface area contributed by atoms with Crippen molar-refractivity contribution in [1.29, 1.82) is 0 Å². The van der Waals surface area contributed by atoms with Crippen LogP contribution in [0.5, 0.6) is 0 Å². The molecule has 2 fully saturated rings. The zero-order valence-corrected chi connectivity index (χ0v) is 59.3. The number of rotatable bonds is 27. The van der Waals surface area contributed by atoms with Crippen molar-refractivity contribution in [3.63, 3.8) is 0 Å². The molecule has 0 bridgehead atoms. The van der Waals surface area contributed by atoms with Gasteiger partial charge < -0.3 is 67.9 Å². The van der Waals surface area contributed by atoms with Gasteiger partial charge in [0.25, 0.3) is 0 Å². The third-order valence-electron chi connectivity index (χ3n) is 18.4. The van der Waals surface area contributed by atoms with E-state index in [4.69, 9.17) is 5.73 Å². The highest BCUT2D eigenvalue weighted by molar-refractivity contribution is 8.76. The standard InChI is InChI=1S/C72H97N11O17S2/c1-45(85)60(42-84)77-70(98)53-36-63(89)67(46(2)86)79-71(99)58(21-10-11-22-73)75-72(100)59(34-52-37-74-57-20-9-8-19-56(52)57)76-69(97)51(32-49-17-12-16-48-15-6-7-18-55(48)49)35-62(88)61(44-102-101-43-53)78-68(96)50(31-47-13-4-3-5-14-47)33-54(87)38-80-23-25-81(39-64(90)91)27-29-83(41-66(94)95)30-28-82(26-24-80)40-65(92)93/h3-9,12-20,37,45-46,50-51,53,58-61,67,74,84-86H,10-11,21-36,38-44,73H2,1-2H3,(H,75,100)(H,76,97)(H,77,98)(H,78,96)(H,79,99)(H,90,91)(H,92,93)(H,94,95)/t45-,46-,50+,51-,53?,58+,59?,60-,61?,67+/m1/s1. The highest BCUT2D eigenvalue weighted by Gasteiger charge is 2.38. The van der Waals surface area contributed by atoms with Crippen LogP contribution in [0, 0.1) is 17.8 Å². The number of benzene rings is 4. The van der Waals surface area contributed by atoms with Crippen LogP contribution in [0.1, 0.15) is 69.1 Å². The Balaban J connectivity index is 1.28. The minimum Gasteiger partial charge on any atom is -0.480 e. The van der Waals surface area contributed by atoms with Gasteiger partial charge in [0.15, 0.2) is 11.6 Å². The number of nitrogens with one attached hydrogen (secondary N) is 6. The second-order valence-corrected chi connectivity index (χ2v) is 28.9. The van der Waals surface area contributed by atoms with Crippen LogP contribution in [0.3, 0.4) is 0 Å². The van der Waals surface area contributed by atoms with Crippen LogP contribution in [0.15, 0.2) is 103 Å². The molecule has 14 N–H and O–H groups in total. The number of Topliss-reactive ketones (excluding diaryl/α,β-unsaturated/α-hetero) is 3. The lowest BCUT2D eigenvalue weighted by molar-refractivity contribution is -0.140. The number of carbonyl (C=O) groups excluding carboxylic acids is 8. The van der Waals surface area contributed by atoms with Crippen molar-refractivity contribution < 1.29 is 83.4 Å². The molecule has 554 valence electrons. The Labute approximate surface area is 600 Å². The normalized spacial score (nSPS) is 22.0. The van der Waals surface area contributed by atoms with E-state index in [-0.39, 0.29) is 116 Å². The van der Waals surface area contributed by atoms with Gasteiger partial charge in [-0.1, -0.05) is 113 Å². The van der Waals surface area contributed by atoms with Gasteiger partial charge in [0.1, 0.15) is 23.9 Å². The van der Waals surface area contributed by atoms with E-state index in [0.717, 1.165) is 43.3 Å². The third kappa shape index (κ3) is 26.0. The van der Waals surface area contributed by atoms with E-state index in [0.29, 0.717) is 29.5 Å². The van der Waals surface area contributed by atoms with E-state index in [1.807, 2.05) is 66.7 Å². The van der Waals surface area contributed by atoms with E-state index in [1.165, 1.54) is 13.8 Å². The molecule has 3 heterocycles. The summed E-state index contributed by atoms with van der Waals surface area (Å²) < 4.78 is 0. The van der Waals surface area contributed by atoms with Gasteiger partial charge in [-0.2, -0.15) is 0 Å². The molecule has 0 radical (unpaired) electrons. The van der Waals surface area contributed by atoms with Gasteiger partial charge in [-0.05, 0) is 86.0 Å². The predicted octanol–water partition coefficient (Wildman–Crippen LogP) is 1.25. The number of nitrogens with two attached hydrogens (primary N) is 1. The number of carboxylic acid groups (broad SMARTS) is 3. The maximum atomic E-state index is 15.7. The molecule has 28 nitrogen and oxygen atoms in total. The third-order valence-corrected chi connectivity index (χ3v) is 20.9. The Morgan fingerprint density at radius 1 is 0.608 bits per heavy atom. The number of aliphatic hydroxyl groups is 3. The number of carboxylic acids is 3. The minimum atomic E-state index is -1.64. The summed E-state index contributed by atoms with van der Waals surface area (Å²) in [6, 6.07) is 22.1. The number of hydrogen-bond donors (Lipinski definition) is 13. The van der Waals surface area contributed by atoms with E-state index in [1.54, 1.807) is 56.1 Å². The molecule has 4 aromatic carbocycles. The van der Waals surface area contributed by atoms with E-state index < -0.39 is 158 Å². The van der Waals surface area contributed by atoms with E-state index in [2.05, 4.69) is 31.6 Å². The molecule has 5 aromatic rings. The summed E-state index contributed by atoms with van der Waals surface area (Å²) in [5.74, 6) is -13.3. The van der Waals surface area contributed by atoms with E-state index in [9.17, 15) is 64.2 Å². The maximum absolute atomic E-state index is 15.7. The zero-order valence-electron chi connectivity index (χ0n) is 57.6. The smallest absolute Gasteiger partial charge is 0.317 e. The first-order valence-electron chi connectivity index (χ1n) is 34.5. The summed E-state index contributed by atoms with van der Waals surface area (Å²) in [5.41, 5.74) is 8.56. The fraction of sp³-hybridized carbons (Fsp3) is 0.514. The van der Waals surface area contributed by atoms with Gasteiger partial charge in [-0.3, -0.25) is 72.3 Å². The van der Waals surface area contributed by atoms with Gasteiger partial charge in [0.05, 0.1) is 63.0 Å². The quantitative estimate of drug-likeness (QED) is 0.0260. The first-order valence-corrected chi connectivity index (χ1v) is 37.0. The molecule has 10 atom stereocenters. The second kappa shape index (κ2) is 41.2. The predicted molar refractivity (Wildman–Crippen MR) is 386 cm³/mol. The van der Waals surface area contributed by atoms with Crippen molar-refractivity contribution in [2.24, 2.45) is 23.5 Å². The number of aromatic amines is 1. The molecule has 30 heteroatoms. The molecule has 0 spiro atoms. The van der Waals surface area contributed by atoms with Crippen LogP contribution in [0.4, 0.5) is 0 Å². The lowest BCUT2D eigenvalue weighted by Gasteiger charge is -2.33. The molecule has 2 aliphatic heterocycles. The number of ketones is 3. The van der Waals surface area contributed by atoms with Crippen LogP contribution in [-0.2, 0) is 72.0 Å². The number of unbranched alkanes of at least 4 members (excludes halogenated alkanes) is 1. The van der Waals surface area contributed by atoms with Gasteiger partial charge in [0, 0.05) is 118 Å². The first-order chi connectivity index (χ1) is 48.9. The fourth-order valence-electron chi connectivity index (χ4n) is 12.7. The van der Waals surface area contributed by atoms with Gasteiger partial charge in [-0.15, -0.1) is 0 Å². The van der Waals surface area contributed by atoms with E-state index >= 15 is 19.2 Å². The molecule has 102 heavy (non-hydrogen) atoms. The molecular weight excluding hydrogens is 1350 g/mol. The lowest BCUT2D eigenvalue weighted by Crippen LogP contribution is -2.58. The van der Waals surface area contributed by atoms with Crippen LogP contribution in [-0.4, -0.2) is 266 Å². The number of fused-ring (bicyclic) bond motifs is 2. The number of H-pyrrole nitrogens is 1. The van der Waals surface area contributed by atoms with Crippen molar-refractivity contribution in [3.8, 4) is 0 Å². The average molecular weight is 1450 g/mol. The number of aromatic nitrogens is 1. The van der Waals surface area contributed by atoms with Crippen molar-refractivity contribution in [2.75, 3.05) is 103 Å². The molecule has 0 aliphatic carbocycles. The molecule has 1 aromatic heterocycles. The first kappa shape index (κ1) is 81.1. The number of para-hydroxylation sites is 1. The van der Waals surface area contributed by atoms with Crippen LogP contribution < -0.4 is 32.3 Å². The Morgan fingerprint density at radius 3 is 1.76 bits per heavy atom. The summed E-state index contributed by atoms with van der Waals surface area (Å²) in [6.45, 7) is 1.81. The number of nitrogens with zero attached hydrogens (tertiary/aromatic N) is 4. The Bertz CT molecular complexity index is 3620. The topological polar surface area (TPSA) is 424 Å². The number of carbonyl (C=O) groups is 11. The van der Waals surface area contributed by atoms with Gasteiger partial charge >= 0.3 is 17.9 Å². The highest BCUT2D eigenvalue weighted by atomic mass is 33.1. The zero-order chi connectivity index (χ0) is 73.8. The second-order valence-electron chi connectivity index (χ2n) is 26.4. The van der Waals surface area contributed by atoms with Crippen molar-refractivity contribution in [1.82, 2.24) is 51.2 Å². The largest absolute Gasteiger partial charge is 0.480 e. The molecule has 7 rings (SSSR count). The molecule has 2 aliphatic rings. The van der Waals surface area contributed by atoms with Crippen molar-refractivity contribution in [3.05, 3.63) is 120 Å². The number of hydrogen-bond acceptors (Lipinski definition) is 21. The molecule has 5 amide bonds. The fourth-order valence-corrected chi connectivity index (χ4v) is 15.2. The Kier molecular flexibility index (Phi) is 32.8. The summed E-state index contributed by atoms with van der Waals surface area (Å²) in [5, 5.41) is 77.6. The monoisotopic (exact) mass is 1450 g/mol. The average Bonchev–Trinajstić information content (AvgIpc) is 1.19. The lowest BCUT2D eigenvalue weighted by atomic mass is 9.88. The molecule has 0 saturated carbocycles. The molecular formula is C72H97N11O17S2. The van der Waals surface area contributed by atoms with Crippen LogP contribution in [0.25, 0.3) is 21.7 Å². The summed E-state index contributed by atoms with van der Waals surface area (Å²) in [4.78, 5) is 166. The molecule has 2 saturated heterocycles. The molecule has 3 unspecified atom stereocenters. The number of aliphatic carboxylic acids is 3. The van der Waals surface area contributed by atoms with Crippen LogP contribution >= 0.6 is 21.6 Å². The number of aliphatic hydroxyl groups excluding tert-OH is 3. The SMILES string of the molecule is C[C@@H](O)[C@@H]1NC(=O)[C@H](CCCCN)NC(=O)C(Cc2c[nH]c3ccccc23)NC(=O)[C@H](Cc2cccc3ccccc23)CC(=O)C(NC(=O)[C@H](CC(=O)CN2CCN(CC(=O)O)CCN(CC(=O)O)CCN(CC(=O)O)CC2)Cc2ccccc2)CSSCC(C(=O)N[C@H](CO)[C@@H](C)O)CC1=O. The Hall–Kier alpha value is -8.17. The minimum absolute atomic E-state index is 0.00269. The number of amides is 5. The van der Waals surface area contributed by atoms with Crippen LogP contribution in [0.2, 0.25) is 0 Å². The van der Waals surface area contributed by atoms with Gasteiger partial charge in [-0.25, -0.2) is 0 Å². The summed E-state index contributed by atoms with van der Waals surface area (Å²) in [7, 11) is 2.07. The van der Waals surface area contributed by atoms with Gasteiger partial charge in [0.2, 0.25) is 29.5 Å². The highest BCUT2D eigenvalue weighted by Crippen LogP contribution is 2.30. The Morgan fingerprint density at radius 2 is 1.17 bits per heavy atom. The van der Waals surface area contributed by atoms with Crippen molar-refractivity contribution in [2.45, 2.75) is 114 Å². The maximum Gasteiger partial charge on any atom is 0.317 e. The summed E-state index contributed by atoms with van der Waals surface area (Å²) in [6.07, 6.45) is -2.09. The van der Waals surface area contributed by atoms with Crippen molar-refractivity contribution >= 4 is 108 Å². The summed E-state index contributed by atoms with van der Waals surface area (Å²) >= 11 is 0.